The van der Waals surface area contributed by atoms with Gasteiger partial charge in [0.25, 0.3) is 11.1 Å². The van der Waals surface area contributed by atoms with Crippen LogP contribution in [0.4, 0.5) is 0 Å². The second-order valence-corrected chi connectivity index (χ2v) is 6.81. The van der Waals surface area contributed by atoms with Crippen molar-refractivity contribution in [3.05, 3.63) is 78.9 Å². The first-order valence-electron chi connectivity index (χ1n) is 7.82. The van der Waals surface area contributed by atoms with E-state index >= 15 is 0 Å². The van der Waals surface area contributed by atoms with E-state index in [1.807, 2.05) is 0 Å². The molecule has 0 aliphatic heterocycles. The summed E-state index contributed by atoms with van der Waals surface area (Å²) < 4.78 is 8.22. The molecular formula is C19H13BrN2O4. The molecule has 2 aromatic carbocycles. The van der Waals surface area contributed by atoms with Crippen molar-refractivity contribution in [3.63, 3.8) is 0 Å². The molecule has 0 radical (unpaired) electrons. The number of aromatic nitrogens is 2. The number of carbonyl (C=O) groups excluding carboxylic acids is 1. The molecule has 4 aromatic rings. The summed E-state index contributed by atoms with van der Waals surface area (Å²) in [6, 6.07) is 11.8. The Kier molecular flexibility index (Phi) is 3.69. The monoisotopic (exact) mass is 412 g/mol. The standard InChI is InChI=1S/C19H13BrN2O4/c1-10-16(19(25)26-2)14-9-11(20)7-8-15(14)22-18(24)13-6-4-3-5-12(13)17(23)21(10)22/h3-9H,1-2H3. The number of aryl methyl sites for hydroxylation is 1. The molecule has 4 rings (SSSR count). The summed E-state index contributed by atoms with van der Waals surface area (Å²) >= 11 is 3.39. The van der Waals surface area contributed by atoms with E-state index in [9.17, 15) is 14.4 Å². The molecule has 2 aromatic heterocycles. The maximum Gasteiger partial charge on any atom is 0.340 e. The summed E-state index contributed by atoms with van der Waals surface area (Å²) in [4.78, 5) is 38.6. The molecule has 0 N–H and O–H groups in total. The van der Waals surface area contributed by atoms with Crippen LogP contribution in [0, 0.1) is 6.92 Å². The number of rotatable bonds is 1. The van der Waals surface area contributed by atoms with Crippen LogP contribution in [0.5, 0.6) is 0 Å². The molecule has 0 spiro atoms. The third-order valence-corrected chi connectivity index (χ3v) is 4.99. The Morgan fingerprint density at radius 3 is 2.19 bits per heavy atom. The van der Waals surface area contributed by atoms with Gasteiger partial charge in [-0.25, -0.2) is 13.8 Å². The van der Waals surface area contributed by atoms with Gasteiger partial charge >= 0.3 is 5.97 Å². The summed E-state index contributed by atoms with van der Waals surface area (Å²) in [6.07, 6.45) is 0. The van der Waals surface area contributed by atoms with Crippen LogP contribution in [-0.4, -0.2) is 22.1 Å². The van der Waals surface area contributed by atoms with Crippen molar-refractivity contribution < 1.29 is 9.53 Å². The van der Waals surface area contributed by atoms with E-state index in [1.54, 1.807) is 49.4 Å². The minimum Gasteiger partial charge on any atom is -0.465 e. The molecule has 0 fully saturated rings. The molecule has 0 saturated carbocycles. The van der Waals surface area contributed by atoms with Crippen molar-refractivity contribution in [2.45, 2.75) is 6.92 Å². The smallest absolute Gasteiger partial charge is 0.340 e. The third-order valence-electron chi connectivity index (χ3n) is 4.50. The van der Waals surface area contributed by atoms with Crippen LogP contribution in [0.25, 0.3) is 21.7 Å². The summed E-state index contributed by atoms with van der Waals surface area (Å²) in [5.41, 5.74) is 0.350. The number of hydrogen-bond donors (Lipinski definition) is 0. The van der Waals surface area contributed by atoms with E-state index < -0.39 is 5.97 Å². The first-order valence-corrected chi connectivity index (χ1v) is 8.62. The largest absolute Gasteiger partial charge is 0.465 e. The fraction of sp³-hybridized carbons (Fsp3) is 0.105. The van der Waals surface area contributed by atoms with Gasteiger partial charge in [-0.1, -0.05) is 28.1 Å². The van der Waals surface area contributed by atoms with Gasteiger partial charge in [0.1, 0.15) is 0 Å². The van der Waals surface area contributed by atoms with Crippen molar-refractivity contribution in [3.8, 4) is 0 Å². The highest BCUT2D eigenvalue weighted by Gasteiger charge is 2.21. The zero-order valence-electron chi connectivity index (χ0n) is 13.9. The average molecular weight is 413 g/mol. The quantitative estimate of drug-likeness (QED) is 0.273. The van der Waals surface area contributed by atoms with Gasteiger partial charge in [0.05, 0.1) is 34.7 Å². The number of benzene rings is 2. The van der Waals surface area contributed by atoms with Crippen molar-refractivity contribution >= 4 is 43.6 Å². The number of carbonyl (C=O) groups is 1. The zero-order valence-corrected chi connectivity index (χ0v) is 15.5. The second-order valence-electron chi connectivity index (χ2n) is 5.89. The molecule has 2 heterocycles. The van der Waals surface area contributed by atoms with Crippen LogP contribution >= 0.6 is 15.9 Å². The Morgan fingerprint density at radius 1 is 0.962 bits per heavy atom. The molecule has 0 aliphatic rings. The van der Waals surface area contributed by atoms with Gasteiger partial charge in [-0.2, -0.15) is 0 Å². The summed E-state index contributed by atoms with van der Waals surface area (Å²) in [7, 11) is 1.28. The number of fused-ring (bicyclic) bond motifs is 4. The van der Waals surface area contributed by atoms with Crippen LogP contribution in [0.15, 0.2) is 56.5 Å². The zero-order chi connectivity index (χ0) is 18.6. The molecule has 0 unspecified atom stereocenters. The van der Waals surface area contributed by atoms with E-state index in [0.717, 1.165) is 4.47 Å². The van der Waals surface area contributed by atoms with Crippen LogP contribution in [0.1, 0.15) is 16.1 Å². The van der Waals surface area contributed by atoms with E-state index in [1.165, 1.54) is 16.1 Å². The number of nitrogens with zero attached hydrogens (tertiary/aromatic N) is 2. The fourth-order valence-electron chi connectivity index (χ4n) is 3.34. The lowest BCUT2D eigenvalue weighted by atomic mass is 10.1. The lowest BCUT2D eigenvalue weighted by Crippen LogP contribution is -2.33. The lowest BCUT2D eigenvalue weighted by Gasteiger charge is -2.16. The van der Waals surface area contributed by atoms with Gasteiger partial charge in [0, 0.05) is 9.86 Å². The van der Waals surface area contributed by atoms with Gasteiger partial charge in [-0.05, 0) is 37.3 Å². The molecule has 0 saturated heterocycles. The molecule has 0 atom stereocenters. The van der Waals surface area contributed by atoms with E-state index in [4.69, 9.17) is 4.74 Å². The number of hydrogen-bond acceptors (Lipinski definition) is 4. The molecule has 6 nitrogen and oxygen atoms in total. The van der Waals surface area contributed by atoms with Crippen molar-refractivity contribution in [2.24, 2.45) is 0 Å². The second kappa shape index (κ2) is 5.81. The Labute approximate surface area is 155 Å². The number of ether oxygens (including phenoxy) is 1. The minimum absolute atomic E-state index is 0.251. The lowest BCUT2D eigenvalue weighted by molar-refractivity contribution is 0.0601. The molecule has 0 bridgehead atoms. The molecule has 0 aliphatic carbocycles. The first-order chi connectivity index (χ1) is 12.5. The van der Waals surface area contributed by atoms with E-state index in [-0.39, 0.29) is 16.7 Å². The normalized spacial score (nSPS) is 11.3. The minimum atomic E-state index is -0.569. The van der Waals surface area contributed by atoms with Crippen LogP contribution in [0.2, 0.25) is 0 Å². The topological polar surface area (TPSA) is 69.3 Å². The highest BCUT2D eigenvalue weighted by molar-refractivity contribution is 9.10. The van der Waals surface area contributed by atoms with Gasteiger partial charge in [-0.15, -0.1) is 0 Å². The number of esters is 1. The SMILES string of the molecule is COC(=O)c1c(C)n2c(=O)c3ccccc3c(=O)n2c2ccc(Br)cc12. The predicted molar refractivity (Wildman–Crippen MR) is 102 cm³/mol. The van der Waals surface area contributed by atoms with Crippen LogP contribution in [0.3, 0.4) is 0 Å². The summed E-state index contributed by atoms with van der Waals surface area (Å²) in [6.45, 7) is 1.63. The predicted octanol–water partition coefficient (Wildman–Crippen LogP) is 2.92. The molecule has 130 valence electrons. The highest BCUT2D eigenvalue weighted by Crippen LogP contribution is 2.25. The first kappa shape index (κ1) is 16.5. The van der Waals surface area contributed by atoms with Gasteiger partial charge in [-0.3, -0.25) is 9.59 Å². The van der Waals surface area contributed by atoms with Crippen LogP contribution in [-0.2, 0) is 4.74 Å². The molecule has 26 heavy (non-hydrogen) atoms. The van der Waals surface area contributed by atoms with Crippen LogP contribution < -0.4 is 11.1 Å². The van der Waals surface area contributed by atoms with Crippen molar-refractivity contribution in [1.29, 1.82) is 0 Å². The Morgan fingerprint density at radius 2 is 1.58 bits per heavy atom. The average Bonchev–Trinajstić information content (AvgIpc) is 2.64. The van der Waals surface area contributed by atoms with Crippen molar-refractivity contribution in [2.75, 3.05) is 7.11 Å². The maximum absolute atomic E-state index is 13.1. The number of halogens is 1. The van der Waals surface area contributed by atoms with Crippen molar-refractivity contribution in [1.82, 2.24) is 9.03 Å². The molecule has 7 heteroatoms. The van der Waals surface area contributed by atoms with Gasteiger partial charge in [0.15, 0.2) is 0 Å². The Bertz CT molecular complexity index is 1350. The molecular weight excluding hydrogens is 400 g/mol. The third kappa shape index (κ3) is 2.13. The Hall–Kier alpha value is -2.93. The number of methoxy groups -OCH3 is 1. The van der Waals surface area contributed by atoms with E-state index in [2.05, 4.69) is 15.9 Å². The summed E-state index contributed by atoms with van der Waals surface area (Å²) in [5, 5.41) is 1.16. The Balaban J connectivity index is 2.44. The van der Waals surface area contributed by atoms with E-state index in [0.29, 0.717) is 27.4 Å². The van der Waals surface area contributed by atoms with Gasteiger partial charge < -0.3 is 4.74 Å². The molecule has 0 amide bonds. The summed E-state index contributed by atoms with van der Waals surface area (Å²) in [5.74, 6) is -0.569. The maximum atomic E-state index is 13.1. The van der Waals surface area contributed by atoms with Gasteiger partial charge in [0.2, 0.25) is 0 Å². The fourth-order valence-corrected chi connectivity index (χ4v) is 3.70. The highest BCUT2D eigenvalue weighted by atomic mass is 79.9.